The molecule has 0 aliphatic heterocycles. The van der Waals surface area contributed by atoms with Gasteiger partial charge < -0.3 is 9.84 Å². The predicted molar refractivity (Wildman–Crippen MR) is 60.5 cm³/mol. The zero-order chi connectivity index (χ0) is 12.1. The average molecular weight is 214 g/mol. The van der Waals surface area contributed by atoms with Crippen molar-refractivity contribution >= 4 is 5.97 Å². The van der Waals surface area contributed by atoms with Gasteiger partial charge in [-0.1, -0.05) is 6.08 Å². The van der Waals surface area contributed by atoms with Gasteiger partial charge in [0, 0.05) is 6.42 Å². The standard InChI is InChI=1S/C12H22O3/c1-6-8-12(5,14)9-7-10(13)15-11(2,3)4/h6,14H,1,7-9H2,2-5H3. The fourth-order valence-electron chi connectivity index (χ4n) is 1.18. The number of aliphatic hydroxyl groups is 1. The Bertz CT molecular complexity index is 224. The molecule has 0 aliphatic rings. The Hall–Kier alpha value is -0.830. The molecule has 3 heteroatoms. The second-order valence-electron chi connectivity index (χ2n) is 5.08. The number of rotatable bonds is 5. The summed E-state index contributed by atoms with van der Waals surface area (Å²) in [5.41, 5.74) is -1.32. The van der Waals surface area contributed by atoms with E-state index >= 15 is 0 Å². The van der Waals surface area contributed by atoms with Gasteiger partial charge in [0.2, 0.25) is 0 Å². The second-order valence-corrected chi connectivity index (χ2v) is 5.08. The van der Waals surface area contributed by atoms with E-state index in [1.807, 2.05) is 20.8 Å². The molecule has 1 atom stereocenters. The second kappa shape index (κ2) is 5.31. The normalized spacial score (nSPS) is 15.5. The molecule has 0 bridgehead atoms. The number of ether oxygens (including phenoxy) is 1. The van der Waals surface area contributed by atoms with Crippen LogP contribution in [-0.2, 0) is 9.53 Å². The summed E-state index contributed by atoms with van der Waals surface area (Å²) in [5, 5.41) is 9.78. The largest absolute Gasteiger partial charge is 0.460 e. The van der Waals surface area contributed by atoms with Gasteiger partial charge in [-0.2, -0.15) is 0 Å². The van der Waals surface area contributed by atoms with Gasteiger partial charge in [0.1, 0.15) is 5.60 Å². The third kappa shape index (κ3) is 8.18. The molecule has 0 aromatic rings. The Morgan fingerprint density at radius 1 is 1.40 bits per heavy atom. The fraction of sp³-hybridized carbons (Fsp3) is 0.750. The highest BCUT2D eigenvalue weighted by molar-refractivity contribution is 5.69. The first kappa shape index (κ1) is 14.2. The van der Waals surface area contributed by atoms with Gasteiger partial charge in [-0.15, -0.1) is 6.58 Å². The molecule has 0 saturated heterocycles. The first-order chi connectivity index (χ1) is 6.66. The van der Waals surface area contributed by atoms with Gasteiger partial charge in [-0.25, -0.2) is 0 Å². The lowest BCUT2D eigenvalue weighted by Gasteiger charge is -2.23. The number of hydrogen-bond donors (Lipinski definition) is 1. The third-order valence-electron chi connectivity index (χ3n) is 1.87. The molecule has 0 amide bonds. The summed E-state index contributed by atoms with van der Waals surface area (Å²) in [7, 11) is 0. The molecule has 88 valence electrons. The maximum atomic E-state index is 11.4. The van der Waals surface area contributed by atoms with E-state index in [0.29, 0.717) is 12.8 Å². The highest BCUT2D eigenvalue weighted by atomic mass is 16.6. The molecule has 1 unspecified atom stereocenters. The minimum atomic E-state index is -0.862. The molecule has 0 fully saturated rings. The van der Waals surface area contributed by atoms with E-state index < -0.39 is 11.2 Å². The van der Waals surface area contributed by atoms with Crippen molar-refractivity contribution in [1.29, 1.82) is 0 Å². The van der Waals surface area contributed by atoms with Gasteiger partial charge in [0.25, 0.3) is 0 Å². The summed E-state index contributed by atoms with van der Waals surface area (Å²) in [5.74, 6) is -0.271. The summed E-state index contributed by atoms with van der Waals surface area (Å²) in [6.45, 7) is 10.7. The van der Waals surface area contributed by atoms with Gasteiger partial charge >= 0.3 is 5.97 Å². The van der Waals surface area contributed by atoms with Crippen LogP contribution >= 0.6 is 0 Å². The molecule has 15 heavy (non-hydrogen) atoms. The highest BCUT2D eigenvalue weighted by Crippen LogP contribution is 2.18. The average Bonchev–Trinajstić information content (AvgIpc) is 1.98. The monoisotopic (exact) mass is 214 g/mol. The Labute approximate surface area is 92.1 Å². The number of carbonyl (C=O) groups excluding carboxylic acids is 1. The van der Waals surface area contributed by atoms with Crippen LogP contribution in [0.1, 0.15) is 47.0 Å². The SMILES string of the molecule is C=CCC(C)(O)CCC(=O)OC(C)(C)C. The lowest BCUT2D eigenvalue weighted by Crippen LogP contribution is -2.28. The van der Waals surface area contributed by atoms with Crippen LogP contribution in [0.15, 0.2) is 12.7 Å². The van der Waals surface area contributed by atoms with Crippen LogP contribution < -0.4 is 0 Å². The number of hydrogen-bond acceptors (Lipinski definition) is 3. The lowest BCUT2D eigenvalue weighted by molar-refractivity contribution is -0.156. The summed E-state index contributed by atoms with van der Waals surface area (Å²) in [4.78, 5) is 11.4. The smallest absolute Gasteiger partial charge is 0.306 e. The minimum Gasteiger partial charge on any atom is -0.460 e. The quantitative estimate of drug-likeness (QED) is 0.565. The molecular formula is C12H22O3. The molecule has 0 spiro atoms. The maximum Gasteiger partial charge on any atom is 0.306 e. The number of esters is 1. The molecule has 0 heterocycles. The predicted octanol–water partition coefficient (Wildman–Crippen LogP) is 2.44. The van der Waals surface area contributed by atoms with E-state index in [0.717, 1.165) is 0 Å². The van der Waals surface area contributed by atoms with Crippen molar-refractivity contribution in [2.45, 2.75) is 58.2 Å². The van der Waals surface area contributed by atoms with Gasteiger partial charge in [-0.3, -0.25) is 4.79 Å². The van der Waals surface area contributed by atoms with Crippen molar-refractivity contribution in [2.24, 2.45) is 0 Å². The van der Waals surface area contributed by atoms with Crippen LogP contribution in [-0.4, -0.2) is 22.3 Å². The van der Waals surface area contributed by atoms with Gasteiger partial charge in [0.15, 0.2) is 0 Å². The first-order valence-electron chi connectivity index (χ1n) is 5.21. The number of carbonyl (C=O) groups is 1. The molecule has 0 aliphatic carbocycles. The Balaban J connectivity index is 3.95. The molecule has 0 saturated carbocycles. The summed E-state index contributed by atoms with van der Waals surface area (Å²) < 4.78 is 5.14. The minimum absolute atomic E-state index is 0.234. The Morgan fingerprint density at radius 3 is 2.33 bits per heavy atom. The topological polar surface area (TPSA) is 46.5 Å². The fourth-order valence-corrected chi connectivity index (χ4v) is 1.18. The Morgan fingerprint density at radius 2 is 1.93 bits per heavy atom. The van der Waals surface area contributed by atoms with Crippen molar-refractivity contribution < 1.29 is 14.6 Å². The zero-order valence-corrected chi connectivity index (χ0v) is 10.2. The summed E-state index contributed by atoms with van der Waals surface area (Å²) in [6.07, 6.45) is 2.76. The maximum absolute atomic E-state index is 11.4. The van der Waals surface area contributed by atoms with Crippen molar-refractivity contribution in [1.82, 2.24) is 0 Å². The van der Waals surface area contributed by atoms with Gasteiger partial charge in [0.05, 0.1) is 5.60 Å². The van der Waals surface area contributed by atoms with Gasteiger partial charge in [-0.05, 0) is 40.5 Å². The molecule has 3 nitrogen and oxygen atoms in total. The highest BCUT2D eigenvalue weighted by Gasteiger charge is 2.22. The molecule has 0 rings (SSSR count). The molecule has 0 aromatic carbocycles. The zero-order valence-electron chi connectivity index (χ0n) is 10.2. The summed E-state index contributed by atoms with van der Waals surface area (Å²) in [6, 6.07) is 0. The lowest BCUT2D eigenvalue weighted by atomic mass is 9.96. The molecular weight excluding hydrogens is 192 g/mol. The van der Waals surface area contributed by atoms with Crippen molar-refractivity contribution in [2.75, 3.05) is 0 Å². The van der Waals surface area contributed by atoms with Crippen LogP contribution in [0.4, 0.5) is 0 Å². The van der Waals surface area contributed by atoms with Crippen LogP contribution in [0, 0.1) is 0 Å². The molecule has 0 radical (unpaired) electrons. The summed E-state index contributed by atoms with van der Waals surface area (Å²) >= 11 is 0. The third-order valence-corrected chi connectivity index (χ3v) is 1.87. The Kier molecular flexibility index (Phi) is 5.01. The van der Waals surface area contributed by atoms with Crippen LogP contribution in [0.25, 0.3) is 0 Å². The van der Waals surface area contributed by atoms with E-state index in [2.05, 4.69) is 6.58 Å². The van der Waals surface area contributed by atoms with Crippen molar-refractivity contribution in [3.63, 3.8) is 0 Å². The van der Waals surface area contributed by atoms with E-state index in [4.69, 9.17) is 4.74 Å². The molecule has 0 aromatic heterocycles. The van der Waals surface area contributed by atoms with Crippen LogP contribution in [0.2, 0.25) is 0 Å². The van der Waals surface area contributed by atoms with Crippen LogP contribution in [0.5, 0.6) is 0 Å². The van der Waals surface area contributed by atoms with Crippen molar-refractivity contribution in [3.05, 3.63) is 12.7 Å². The van der Waals surface area contributed by atoms with E-state index in [9.17, 15) is 9.90 Å². The van der Waals surface area contributed by atoms with Crippen LogP contribution in [0.3, 0.4) is 0 Å². The van der Waals surface area contributed by atoms with E-state index in [1.54, 1.807) is 13.0 Å². The van der Waals surface area contributed by atoms with E-state index in [-0.39, 0.29) is 12.4 Å². The van der Waals surface area contributed by atoms with E-state index in [1.165, 1.54) is 0 Å². The first-order valence-corrected chi connectivity index (χ1v) is 5.21. The van der Waals surface area contributed by atoms with Crippen molar-refractivity contribution in [3.8, 4) is 0 Å². The molecule has 1 N–H and O–H groups in total.